The number of carbonyl (C=O) groups is 3. The number of nitrogens with zero attached hydrogens (tertiary/aromatic N) is 1. The Bertz CT molecular complexity index is 2670. The van der Waals surface area contributed by atoms with Gasteiger partial charge in [0.25, 0.3) is 0 Å². The topological polar surface area (TPSA) is 128 Å². The number of alkyl carbamates (subject to hydrolysis) is 1. The van der Waals surface area contributed by atoms with E-state index in [1.54, 1.807) is 6.07 Å². The molecule has 1 aliphatic heterocycles. The minimum Gasteiger partial charge on any atom is -0.459 e. The van der Waals surface area contributed by atoms with Crippen molar-refractivity contribution >= 4 is 34.7 Å². The molecule has 2 aliphatic rings. The van der Waals surface area contributed by atoms with Crippen molar-refractivity contribution in [2.45, 2.75) is 60.0 Å². The summed E-state index contributed by atoms with van der Waals surface area (Å²) in [4.78, 5) is 44.7. The zero-order valence-electron chi connectivity index (χ0n) is 34.8. The molecule has 0 spiro atoms. The van der Waals surface area contributed by atoms with E-state index in [0.29, 0.717) is 23.5 Å². The van der Waals surface area contributed by atoms with E-state index in [9.17, 15) is 14.4 Å². The van der Waals surface area contributed by atoms with Crippen LogP contribution in [0.2, 0.25) is 0 Å². The fraction of sp³-hybridized carbons (Fsp3) is 0.216. The molecule has 0 bridgehead atoms. The number of fused-ring (bicyclic) bond motifs is 2. The molecular weight excluding hydrogens is 767 g/mol. The highest BCUT2D eigenvalue weighted by molar-refractivity contribution is 6.08. The Morgan fingerprint density at radius 3 is 1.97 bits per heavy atom. The lowest BCUT2D eigenvalue weighted by molar-refractivity contribution is -0.147. The molecule has 1 heterocycles. The number of ether oxygens (including phenoxy) is 3. The number of hydrogen-bond acceptors (Lipinski definition) is 9. The molecule has 10 nitrogen and oxygen atoms in total. The summed E-state index contributed by atoms with van der Waals surface area (Å²) >= 11 is 0. The predicted molar refractivity (Wildman–Crippen MR) is 237 cm³/mol. The molecule has 0 aromatic heterocycles. The Morgan fingerprint density at radius 1 is 0.656 bits per heavy atom. The summed E-state index contributed by atoms with van der Waals surface area (Å²) in [7, 11) is 0. The van der Waals surface area contributed by atoms with Crippen LogP contribution in [0, 0.1) is 13.8 Å². The molecule has 7 rings (SSSR count). The highest BCUT2D eigenvalue weighted by Gasteiger charge is 2.25. The van der Waals surface area contributed by atoms with Crippen LogP contribution in [0.1, 0.15) is 57.6 Å². The maximum Gasteiger partial charge on any atom is 0.408 e. The van der Waals surface area contributed by atoms with Gasteiger partial charge in [0.2, 0.25) is 0 Å². The molecule has 1 aliphatic carbocycles. The van der Waals surface area contributed by atoms with Crippen molar-refractivity contribution in [3.05, 3.63) is 178 Å². The summed E-state index contributed by atoms with van der Waals surface area (Å²) in [6.45, 7) is 9.63. The van der Waals surface area contributed by atoms with E-state index in [4.69, 9.17) is 18.6 Å². The Kier molecular flexibility index (Phi) is 13.5. The molecule has 61 heavy (non-hydrogen) atoms. The quantitative estimate of drug-likeness (QED) is 0.0595. The van der Waals surface area contributed by atoms with Crippen molar-refractivity contribution in [3.63, 3.8) is 0 Å². The van der Waals surface area contributed by atoms with Crippen molar-refractivity contribution in [2.24, 2.45) is 4.99 Å². The van der Waals surface area contributed by atoms with Gasteiger partial charge < -0.3 is 29.3 Å². The number of benzene rings is 6. The second-order valence-electron chi connectivity index (χ2n) is 14.8. The van der Waals surface area contributed by atoms with Crippen molar-refractivity contribution in [2.75, 3.05) is 18.4 Å². The number of aryl methyl sites for hydroxylation is 2. The van der Waals surface area contributed by atoms with Crippen molar-refractivity contribution in [1.82, 2.24) is 5.32 Å². The number of rotatable bonds is 15. The van der Waals surface area contributed by atoms with Gasteiger partial charge >= 0.3 is 18.0 Å². The largest absolute Gasteiger partial charge is 0.459 e. The molecule has 5 aromatic carbocycles. The van der Waals surface area contributed by atoms with E-state index in [1.165, 1.54) is 0 Å². The van der Waals surface area contributed by atoms with E-state index < -0.39 is 24.1 Å². The number of anilines is 1. The first kappa shape index (κ1) is 41.9. The number of hydrogen-bond donors (Lipinski definition) is 2. The second kappa shape index (κ2) is 19.7. The summed E-state index contributed by atoms with van der Waals surface area (Å²) in [6.07, 6.45) is -0.489. The normalized spacial score (nSPS) is 11.9. The van der Waals surface area contributed by atoms with Crippen LogP contribution in [0.25, 0.3) is 33.4 Å². The standard InChI is InChI=1S/C51H49N3O7/c1-5-52-43-28-46-41(25-33(43)3)48(42-26-34(4)44(53-6-2)29-47(42)61-46)39-19-13-14-20-40(39)49(55)58-30-37-21-23-38(24-22-37)31-59-50(56)45(27-35-15-9-7-10-16-35)54-51(57)60-32-36-17-11-8-12-18-36/h7-26,28-29,45,52H,5-6,27,30-32H2,1-4H3,(H,54,57)/t45-/m0/s1. The van der Waals surface area contributed by atoms with Gasteiger partial charge in [-0.15, -0.1) is 0 Å². The monoisotopic (exact) mass is 815 g/mol. The van der Waals surface area contributed by atoms with E-state index >= 15 is 0 Å². The number of amides is 1. The SMILES string of the molecule is CCN=c1cc2oc3cc(NCC)c(C)cc3c(-c3ccccc3C(=O)OCc3ccc(COC(=O)[C@H](Cc4ccccc4)NC(=O)OCc4ccccc4)cc3)c-2cc1C. The van der Waals surface area contributed by atoms with E-state index in [0.717, 1.165) is 73.0 Å². The lowest BCUT2D eigenvalue weighted by Crippen LogP contribution is -2.43. The van der Waals surface area contributed by atoms with Crippen LogP contribution in [0.5, 0.6) is 0 Å². The molecule has 310 valence electrons. The zero-order chi connectivity index (χ0) is 42.7. The molecule has 0 fully saturated rings. The second-order valence-corrected chi connectivity index (χ2v) is 14.8. The van der Waals surface area contributed by atoms with Gasteiger partial charge in [-0.2, -0.15) is 0 Å². The average Bonchev–Trinajstić information content (AvgIpc) is 3.28. The molecule has 0 radical (unpaired) electrons. The van der Waals surface area contributed by atoms with Gasteiger partial charge in [-0.1, -0.05) is 103 Å². The fourth-order valence-corrected chi connectivity index (χ4v) is 7.24. The van der Waals surface area contributed by atoms with Crippen LogP contribution in [0.15, 0.2) is 143 Å². The Labute approximate surface area is 355 Å². The maximum absolute atomic E-state index is 14.0. The van der Waals surface area contributed by atoms with Crippen molar-refractivity contribution < 1.29 is 33.0 Å². The lowest BCUT2D eigenvalue weighted by Gasteiger charge is -2.20. The summed E-state index contributed by atoms with van der Waals surface area (Å²) in [6, 6.07) is 40.7. The minimum atomic E-state index is -0.967. The average molecular weight is 816 g/mol. The lowest BCUT2D eigenvalue weighted by atomic mass is 9.89. The zero-order valence-corrected chi connectivity index (χ0v) is 34.8. The number of esters is 2. The molecule has 0 unspecified atom stereocenters. The highest BCUT2D eigenvalue weighted by Crippen LogP contribution is 2.43. The minimum absolute atomic E-state index is 0.0213. The van der Waals surface area contributed by atoms with Crippen LogP contribution in [0.3, 0.4) is 0 Å². The summed E-state index contributed by atoms with van der Waals surface area (Å²) in [5, 5.41) is 7.85. The van der Waals surface area contributed by atoms with Crippen LogP contribution in [-0.2, 0) is 45.2 Å². The van der Waals surface area contributed by atoms with E-state index in [2.05, 4.69) is 41.6 Å². The van der Waals surface area contributed by atoms with Gasteiger partial charge in [0.05, 0.1) is 10.9 Å². The molecule has 5 aromatic rings. The third kappa shape index (κ3) is 10.3. The van der Waals surface area contributed by atoms with Crippen molar-refractivity contribution in [3.8, 4) is 22.5 Å². The number of nitrogens with one attached hydrogen (secondary N) is 2. The van der Waals surface area contributed by atoms with Crippen LogP contribution < -0.4 is 16.0 Å². The summed E-state index contributed by atoms with van der Waals surface area (Å²) in [5.74, 6) is -0.389. The Morgan fingerprint density at radius 2 is 1.28 bits per heavy atom. The Balaban J connectivity index is 1.05. The third-order valence-corrected chi connectivity index (χ3v) is 10.3. The fourth-order valence-electron chi connectivity index (χ4n) is 7.24. The van der Waals surface area contributed by atoms with E-state index in [1.807, 2.05) is 129 Å². The van der Waals surface area contributed by atoms with Gasteiger partial charge in [-0.3, -0.25) is 4.99 Å². The highest BCUT2D eigenvalue weighted by atomic mass is 16.6. The molecule has 0 saturated carbocycles. The maximum atomic E-state index is 14.0. The smallest absolute Gasteiger partial charge is 0.408 e. The third-order valence-electron chi connectivity index (χ3n) is 10.3. The van der Waals surface area contributed by atoms with Gasteiger partial charge in [0, 0.05) is 53.8 Å². The van der Waals surface area contributed by atoms with Crippen LogP contribution in [0.4, 0.5) is 10.5 Å². The van der Waals surface area contributed by atoms with Crippen LogP contribution in [-0.4, -0.2) is 37.2 Å². The summed E-state index contributed by atoms with van der Waals surface area (Å²) in [5.41, 5.74) is 9.81. The van der Waals surface area contributed by atoms with Crippen LogP contribution >= 0.6 is 0 Å². The first-order valence-corrected chi connectivity index (χ1v) is 20.5. The molecule has 2 N–H and O–H groups in total. The molecular formula is C51H49N3O7. The van der Waals surface area contributed by atoms with E-state index in [-0.39, 0.29) is 26.2 Å². The number of carbonyl (C=O) groups excluding carboxylic acids is 3. The van der Waals surface area contributed by atoms with Crippen molar-refractivity contribution in [1.29, 1.82) is 0 Å². The molecule has 0 saturated heterocycles. The molecule has 1 atom stereocenters. The Hall–Kier alpha value is -7.20. The first-order valence-electron chi connectivity index (χ1n) is 20.5. The van der Waals surface area contributed by atoms with Gasteiger partial charge in [0.1, 0.15) is 37.2 Å². The molecule has 10 heteroatoms. The predicted octanol–water partition coefficient (Wildman–Crippen LogP) is 10.1. The van der Waals surface area contributed by atoms with Gasteiger partial charge in [-0.25, -0.2) is 14.4 Å². The summed E-state index contributed by atoms with van der Waals surface area (Å²) < 4.78 is 23.5. The van der Waals surface area contributed by atoms with Gasteiger partial charge in [0.15, 0.2) is 0 Å². The van der Waals surface area contributed by atoms with Gasteiger partial charge in [-0.05, 0) is 84.8 Å². The first-order chi connectivity index (χ1) is 29.7. The molecule has 1 amide bonds.